The summed E-state index contributed by atoms with van der Waals surface area (Å²) in [6.45, 7) is 3.44. The fourth-order valence-corrected chi connectivity index (χ4v) is 1.25. The van der Waals surface area contributed by atoms with Gasteiger partial charge in [-0.25, -0.2) is 4.39 Å². The van der Waals surface area contributed by atoms with E-state index < -0.39 is 5.82 Å². The van der Waals surface area contributed by atoms with Gasteiger partial charge in [0.05, 0.1) is 0 Å². The van der Waals surface area contributed by atoms with Gasteiger partial charge in [0.15, 0.2) is 6.61 Å². The predicted molar refractivity (Wildman–Crippen MR) is 60.6 cm³/mol. The molecule has 0 spiro atoms. The largest absolute Gasteiger partial charge is 0.484 e. The van der Waals surface area contributed by atoms with Crippen LogP contribution < -0.4 is 10.1 Å². The van der Waals surface area contributed by atoms with Crippen LogP contribution in [-0.4, -0.2) is 24.8 Å². The highest BCUT2D eigenvalue weighted by atomic mass is 19.1. The lowest BCUT2D eigenvalue weighted by atomic mass is 10.2. The first-order chi connectivity index (χ1) is 8.01. The van der Waals surface area contributed by atoms with Crippen molar-refractivity contribution in [2.75, 3.05) is 6.61 Å². The van der Waals surface area contributed by atoms with Gasteiger partial charge in [-0.05, 0) is 26.0 Å². The number of ether oxygens (including phenoxy) is 1. The Morgan fingerprint density at radius 3 is 2.76 bits per heavy atom. The molecular weight excluding hydrogens is 225 g/mol. The van der Waals surface area contributed by atoms with Gasteiger partial charge in [-0.1, -0.05) is 0 Å². The van der Waals surface area contributed by atoms with E-state index in [2.05, 4.69) is 5.32 Å². The van der Waals surface area contributed by atoms with Gasteiger partial charge in [0.2, 0.25) is 0 Å². The maximum absolute atomic E-state index is 13.0. The number of aldehydes is 1. The van der Waals surface area contributed by atoms with Gasteiger partial charge in [0.25, 0.3) is 5.91 Å². The number of benzene rings is 1. The van der Waals surface area contributed by atoms with Crippen molar-refractivity contribution in [2.45, 2.75) is 19.9 Å². The Bertz CT molecular complexity index is 418. The molecule has 1 aromatic rings. The summed E-state index contributed by atoms with van der Waals surface area (Å²) >= 11 is 0. The molecule has 0 unspecified atom stereocenters. The molecular formula is C12H14FNO3. The van der Waals surface area contributed by atoms with Crippen molar-refractivity contribution in [1.29, 1.82) is 0 Å². The van der Waals surface area contributed by atoms with Crippen molar-refractivity contribution >= 4 is 12.2 Å². The number of hydrogen-bond acceptors (Lipinski definition) is 3. The maximum Gasteiger partial charge on any atom is 0.258 e. The lowest BCUT2D eigenvalue weighted by Crippen LogP contribution is -2.34. The van der Waals surface area contributed by atoms with Crippen molar-refractivity contribution in [2.24, 2.45) is 0 Å². The van der Waals surface area contributed by atoms with Crippen molar-refractivity contribution in [3.05, 3.63) is 29.6 Å². The molecule has 0 radical (unpaired) electrons. The molecule has 0 aliphatic heterocycles. The molecule has 0 saturated heterocycles. The zero-order valence-corrected chi connectivity index (χ0v) is 9.70. The summed E-state index contributed by atoms with van der Waals surface area (Å²) in [5.41, 5.74) is 0.171. The molecule has 0 bridgehead atoms. The first-order valence-corrected chi connectivity index (χ1v) is 5.19. The van der Waals surface area contributed by atoms with Gasteiger partial charge in [-0.2, -0.15) is 0 Å². The van der Waals surface area contributed by atoms with Crippen molar-refractivity contribution < 1.29 is 18.7 Å². The predicted octanol–water partition coefficient (Wildman–Crippen LogP) is 1.54. The SMILES string of the molecule is CC(C)NC(=O)COc1cc(F)cc(C=O)c1. The Morgan fingerprint density at radius 2 is 2.18 bits per heavy atom. The molecule has 1 aromatic carbocycles. The van der Waals surface area contributed by atoms with Crippen LogP contribution in [-0.2, 0) is 4.79 Å². The third-order valence-electron chi connectivity index (χ3n) is 1.85. The first-order valence-electron chi connectivity index (χ1n) is 5.19. The summed E-state index contributed by atoms with van der Waals surface area (Å²) in [7, 11) is 0. The van der Waals surface area contributed by atoms with E-state index in [-0.39, 0.29) is 29.9 Å². The number of amides is 1. The molecule has 0 aliphatic carbocycles. The third kappa shape index (κ3) is 4.63. The molecule has 4 nitrogen and oxygen atoms in total. The molecule has 1 N–H and O–H groups in total. The summed E-state index contributed by atoms with van der Waals surface area (Å²) in [4.78, 5) is 21.8. The monoisotopic (exact) mass is 239 g/mol. The van der Waals surface area contributed by atoms with E-state index in [1.54, 1.807) is 0 Å². The molecule has 5 heteroatoms. The maximum atomic E-state index is 13.0. The van der Waals surface area contributed by atoms with E-state index >= 15 is 0 Å². The number of nitrogens with one attached hydrogen (secondary N) is 1. The van der Waals surface area contributed by atoms with E-state index in [1.165, 1.54) is 6.07 Å². The first kappa shape index (κ1) is 13.2. The molecule has 1 amide bonds. The molecule has 1 rings (SSSR count). The van der Waals surface area contributed by atoms with Crippen molar-refractivity contribution in [1.82, 2.24) is 5.32 Å². The summed E-state index contributed by atoms with van der Waals surface area (Å²) in [6.07, 6.45) is 0.518. The second-order valence-electron chi connectivity index (χ2n) is 3.85. The van der Waals surface area contributed by atoms with Crippen LogP contribution in [0, 0.1) is 5.82 Å². The van der Waals surface area contributed by atoms with Gasteiger partial charge >= 0.3 is 0 Å². The highest BCUT2D eigenvalue weighted by Gasteiger charge is 2.06. The number of carbonyl (C=O) groups excluding carboxylic acids is 2. The number of hydrogen-bond donors (Lipinski definition) is 1. The molecule has 0 aromatic heterocycles. The minimum atomic E-state index is -0.575. The van der Waals surface area contributed by atoms with Crippen LogP contribution in [0.5, 0.6) is 5.75 Å². The average molecular weight is 239 g/mol. The van der Waals surface area contributed by atoms with Crippen LogP contribution in [0.4, 0.5) is 4.39 Å². The fraction of sp³-hybridized carbons (Fsp3) is 0.333. The topological polar surface area (TPSA) is 55.4 Å². The Balaban J connectivity index is 2.60. The third-order valence-corrected chi connectivity index (χ3v) is 1.85. The summed E-state index contributed by atoms with van der Waals surface area (Å²) in [5.74, 6) is -0.711. The van der Waals surface area contributed by atoms with Crippen LogP contribution in [0.1, 0.15) is 24.2 Å². The van der Waals surface area contributed by atoms with Gasteiger partial charge in [-0.15, -0.1) is 0 Å². The Morgan fingerprint density at radius 1 is 1.47 bits per heavy atom. The minimum absolute atomic E-state index is 0.0177. The molecule has 0 heterocycles. The number of rotatable bonds is 5. The normalized spacial score (nSPS) is 10.1. The average Bonchev–Trinajstić information content (AvgIpc) is 2.24. The van der Waals surface area contributed by atoms with E-state index in [0.717, 1.165) is 12.1 Å². The molecule has 92 valence electrons. The summed E-state index contributed by atoms with van der Waals surface area (Å²) in [6, 6.07) is 3.60. The highest BCUT2D eigenvalue weighted by Crippen LogP contribution is 2.15. The van der Waals surface area contributed by atoms with Crippen molar-refractivity contribution in [3.8, 4) is 5.75 Å². The Kier molecular flexibility index (Phi) is 4.63. The van der Waals surface area contributed by atoms with Crippen LogP contribution in [0.2, 0.25) is 0 Å². The van der Waals surface area contributed by atoms with E-state index in [4.69, 9.17) is 4.74 Å². The van der Waals surface area contributed by atoms with Crippen LogP contribution in [0.25, 0.3) is 0 Å². The zero-order valence-electron chi connectivity index (χ0n) is 9.70. The molecule has 0 saturated carbocycles. The van der Waals surface area contributed by atoms with Crippen LogP contribution in [0.15, 0.2) is 18.2 Å². The minimum Gasteiger partial charge on any atom is -0.484 e. The Hall–Kier alpha value is -1.91. The zero-order chi connectivity index (χ0) is 12.8. The standard InChI is InChI=1S/C12H14FNO3/c1-8(2)14-12(16)7-17-11-4-9(6-15)3-10(13)5-11/h3-6,8H,7H2,1-2H3,(H,14,16). The summed E-state index contributed by atoms with van der Waals surface area (Å²) < 4.78 is 18.1. The molecule has 0 atom stereocenters. The molecule has 17 heavy (non-hydrogen) atoms. The highest BCUT2D eigenvalue weighted by molar-refractivity contribution is 5.78. The quantitative estimate of drug-likeness (QED) is 0.793. The van der Waals surface area contributed by atoms with Crippen LogP contribution >= 0.6 is 0 Å². The lowest BCUT2D eigenvalue weighted by molar-refractivity contribution is -0.123. The van der Waals surface area contributed by atoms with Gasteiger partial charge in [0.1, 0.15) is 17.9 Å². The van der Waals surface area contributed by atoms with E-state index in [1.807, 2.05) is 13.8 Å². The van der Waals surface area contributed by atoms with Gasteiger partial charge in [-0.3, -0.25) is 9.59 Å². The van der Waals surface area contributed by atoms with Crippen LogP contribution in [0.3, 0.4) is 0 Å². The number of carbonyl (C=O) groups is 2. The smallest absolute Gasteiger partial charge is 0.258 e. The van der Waals surface area contributed by atoms with E-state index in [0.29, 0.717) is 6.29 Å². The lowest BCUT2D eigenvalue weighted by Gasteiger charge is -2.10. The second-order valence-corrected chi connectivity index (χ2v) is 3.85. The summed E-state index contributed by atoms with van der Waals surface area (Å²) in [5, 5.41) is 2.63. The van der Waals surface area contributed by atoms with Crippen molar-refractivity contribution in [3.63, 3.8) is 0 Å². The van der Waals surface area contributed by atoms with Gasteiger partial charge < -0.3 is 10.1 Å². The van der Waals surface area contributed by atoms with Gasteiger partial charge in [0, 0.05) is 17.7 Å². The Labute approximate surface area is 98.8 Å². The van der Waals surface area contributed by atoms with E-state index in [9.17, 15) is 14.0 Å². The fourth-order valence-electron chi connectivity index (χ4n) is 1.25. The second kappa shape index (κ2) is 5.98. The number of halogens is 1. The molecule has 0 aliphatic rings. The molecule has 0 fully saturated rings.